The Morgan fingerprint density at radius 3 is 2.75 bits per heavy atom. The summed E-state index contributed by atoms with van der Waals surface area (Å²) in [5, 5.41) is 3.56. The van der Waals surface area contributed by atoms with Gasteiger partial charge in [0.05, 0.1) is 5.84 Å². The largest absolute Gasteiger partial charge is 0.371 e. The molecule has 1 N–H and O–H groups in total. The van der Waals surface area contributed by atoms with E-state index in [1.54, 1.807) is 0 Å². The van der Waals surface area contributed by atoms with Crippen LogP contribution in [0, 0.1) is 5.92 Å². The molecule has 1 aliphatic heterocycles. The Hall–Kier alpha value is -0.530. The number of hydrogen-bond donors (Lipinski definition) is 1. The number of nitrogens with zero attached hydrogens (tertiary/aromatic N) is 1. The molecule has 0 amide bonds. The van der Waals surface area contributed by atoms with Gasteiger partial charge in [0, 0.05) is 19.0 Å². The molecule has 0 bridgehead atoms. The van der Waals surface area contributed by atoms with E-state index in [1.165, 1.54) is 37.9 Å². The van der Waals surface area contributed by atoms with E-state index in [-0.39, 0.29) is 0 Å². The summed E-state index contributed by atoms with van der Waals surface area (Å²) in [5.41, 5.74) is 0. The van der Waals surface area contributed by atoms with Crippen LogP contribution in [0.5, 0.6) is 0 Å². The van der Waals surface area contributed by atoms with E-state index in [0.717, 1.165) is 18.5 Å². The van der Waals surface area contributed by atoms with Crippen molar-refractivity contribution in [1.82, 2.24) is 5.32 Å². The van der Waals surface area contributed by atoms with Crippen LogP contribution in [-0.2, 0) is 0 Å². The van der Waals surface area contributed by atoms with Gasteiger partial charge in [-0.05, 0) is 31.6 Å². The van der Waals surface area contributed by atoms with Gasteiger partial charge in [-0.3, -0.25) is 4.99 Å². The highest BCUT2D eigenvalue weighted by atomic mass is 15.0. The quantitative estimate of drug-likeness (QED) is 0.632. The van der Waals surface area contributed by atoms with Gasteiger partial charge in [-0.25, -0.2) is 0 Å². The molecule has 2 atom stereocenters. The maximum Gasteiger partial charge on any atom is 0.0965 e. The highest BCUT2D eigenvalue weighted by Crippen LogP contribution is 2.26. The summed E-state index contributed by atoms with van der Waals surface area (Å²) in [6.07, 6.45) is 6.53. The SMILES string of the molecule is CC1CCC1NC1=NCCCC1. The number of hydrogen-bond acceptors (Lipinski definition) is 2. The first-order chi connectivity index (χ1) is 5.86. The fraction of sp³-hybridized carbons (Fsp3) is 0.900. The fourth-order valence-electron chi connectivity index (χ4n) is 1.91. The molecule has 68 valence electrons. The van der Waals surface area contributed by atoms with Crippen molar-refractivity contribution in [2.45, 2.75) is 45.1 Å². The lowest BCUT2D eigenvalue weighted by molar-refractivity contribution is 0.256. The molecule has 1 fully saturated rings. The molecule has 1 heterocycles. The Morgan fingerprint density at radius 2 is 2.25 bits per heavy atom. The first-order valence-electron chi connectivity index (χ1n) is 5.16. The van der Waals surface area contributed by atoms with Crippen LogP contribution in [0.15, 0.2) is 4.99 Å². The predicted octanol–water partition coefficient (Wildman–Crippen LogP) is 1.96. The molecule has 1 aliphatic carbocycles. The zero-order chi connectivity index (χ0) is 8.39. The molecule has 0 aromatic carbocycles. The summed E-state index contributed by atoms with van der Waals surface area (Å²) in [6.45, 7) is 3.37. The van der Waals surface area contributed by atoms with Crippen molar-refractivity contribution >= 4 is 5.84 Å². The van der Waals surface area contributed by atoms with Gasteiger partial charge in [0.1, 0.15) is 0 Å². The summed E-state index contributed by atoms with van der Waals surface area (Å²) in [7, 11) is 0. The van der Waals surface area contributed by atoms with Gasteiger partial charge < -0.3 is 5.32 Å². The minimum Gasteiger partial charge on any atom is -0.371 e. The lowest BCUT2D eigenvalue weighted by Crippen LogP contribution is -2.46. The number of nitrogens with one attached hydrogen (secondary N) is 1. The van der Waals surface area contributed by atoms with Gasteiger partial charge in [0.25, 0.3) is 0 Å². The van der Waals surface area contributed by atoms with Gasteiger partial charge in [-0.15, -0.1) is 0 Å². The normalized spacial score (nSPS) is 35.2. The standard InChI is InChI=1S/C10H18N2/c1-8-5-6-9(8)12-10-4-2-3-7-11-10/h8-9H,2-7H2,1H3,(H,11,12). The van der Waals surface area contributed by atoms with Gasteiger partial charge in [-0.2, -0.15) is 0 Å². The molecular formula is C10H18N2. The van der Waals surface area contributed by atoms with Crippen molar-refractivity contribution in [3.8, 4) is 0 Å². The molecule has 12 heavy (non-hydrogen) atoms. The lowest BCUT2D eigenvalue weighted by Gasteiger charge is -2.36. The molecule has 2 unspecified atom stereocenters. The van der Waals surface area contributed by atoms with Crippen molar-refractivity contribution in [2.75, 3.05) is 6.54 Å². The van der Waals surface area contributed by atoms with Crippen LogP contribution in [0.3, 0.4) is 0 Å². The molecule has 2 rings (SSSR count). The Balaban J connectivity index is 1.81. The summed E-state index contributed by atoms with van der Waals surface area (Å²) < 4.78 is 0. The van der Waals surface area contributed by atoms with Crippen molar-refractivity contribution in [3.05, 3.63) is 0 Å². The first-order valence-corrected chi connectivity index (χ1v) is 5.16. The van der Waals surface area contributed by atoms with E-state index in [2.05, 4.69) is 17.2 Å². The smallest absolute Gasteiger partial charge is 0.0965 e. The Kier molecular flexibility index (Phi) is 2.33. The topological polar surface area (TPSA) is 24.4 Å². The highest BCUT2D eigenvalue weighted by molar-refractivity contribution is 5.83. The number of rotatable bonds is 1. The van der Waals surface area contributed by atoms with Crippen molar-refractivity contribution in [3.63, 3.8) is 0 Å². The summed E-state index contributed by atoms with van der Waals surface area (Å²) in [5.74, 6) is 2.15. The third-order valence-electron chi connectivity index (χ3n) is 3.10. The van der Waals surface area contributed by atoms with Gasteiger partial charge in [0.2, 0.25) is 0 Å². The summed E-state index contributed by atoms with van der Waals surface area (Å²) in [4.78, 5) is 4.49. The summed E-state index contributed by atoms with van der Waals surface area (Å²) in [6, 6.07) is 0.738. The monoisotopic (exact) mass is 166 g/mol. The Morgan fingerprint density at radius 1 is 1.33 bits per heavy atom. The molecule has 0 spiro atoms. The molecule has 2 nitrogen and oxygen atoms in total. The van der Waals surface area contributed by atoms with Gasteiger partial charge in [-0.1, -0.05) is 6.92 Å². The van der Waals surface area contributed by atoms with E-state index < -0.39 is 0 Å². The van der Waals surface area contributed by atoms with Crippen LogP contribution in [0.4, 0.5) is 0 Å². The molecule has 0 saturated heterocycles. The third kappa shape index (κ3) is 1.62. The van der Waals surface area contributed by atoms with Gasteiger partial charge >= 0.3 is 0 Å². The molecule has 2 heteroatoms. The van der Waals surface area contributed by atoms with Crippen LogP contribution in [-0.4, -0.2) is 18.4 Å². The summed E-state index contributed by atoms with van der Waals surface area (Å²) >= 11 is 0. The predicted molar refractivity (Wildman–Crippen MR) is 51.5 cm³/mol. The number of amidine groups is 1. The molecule has 1 saturated carbocycles. The second kappa shape index (κ2) is 3.46. The zero-order valence-corrected chi connectivity index (χ0v) is 7.84. The van der Waals surface area contributed by atoms with E-state index in [0.29, 0.717) is 0 Å². The minimum atomic E-state index is 0.738. The van der Waals surface area contributed by atoms with Crippen LogP contribution >= 0.6 is 0 Å². The Labute approximate surface area is 74.5 Å². The molecule has 2 aliphatic rings. The zero-order valence-electron chi connectivity index (χ0n) is 7.84. The average molecular weight is 166 g/mol. The van der Waals surface area contributed by atoms with Crippen LogP contribution < -0.4 is 5.32 Å². The van der Waals surface area contributed by atoms with E-state index in [1.807, 2.05) is 0 Å². The second-order valence-corrected chi connectivity index (χ2v) is 4.09. The maximum absolute atomic E-state index is 4.49. The number of aliphatic imine (C=N–C) groups is 1. The highest BCUT2D eigenvalue weighted by Gasteiger charge is 2.27. The van der Waals surface area contributed by atoms with Crippen LogP contribution in [0.1, 0.15) is 39.0 Å². The van der Waals surface area contributed by atoms with Gasteiger partial charge in [0.15, 0.2) is 0 Å². The van der Waals surface area contributed by atoms with Crippen molar-refractivity contribution in [2.24, 2.45) is 10.9 Å². The minimum absolute atomic E-state index is 0.738. The third-order valence-corrected chi connectivity index (χ3v) is 3.10. The van der Waals surface area contributed by atoms with Crippen molar-refractivity contribution < 1.29 is 0 Å². The van der Waals surface area contributed by atoms with Crippen molar-refractivity contribution in [1.29, 1.82) is 0 Å². The van der Waals surface area contributed by atoms with Crippen LogP contribution in [0.25, 0.3) is 0 Å². The van der Waals surface area contributed by atoms with E-state index in [4.69, 9.17) is 0 Å². The molecule has 0 aromatic heterocycles. The van der Waals surface area contributed by atoms with E-state index >= 15 is 0 Å². The molecular weight excluding hydrogens is 148 g/mol. The Bertz CT molecular complexity index is 186. The van der Waals surface area contributed by atoms with E-state index in [9.17, 15) is 0 Å². The molecule has 0 aromatic rings. The second-order valence-electron chi connectivity index (χ2n) is 4.09. The first kappa shape index (κ1) is 8.09. The lowest BCUT2D eigenvalue weighted by atomic mass is 9.81. The fourth-order valence-corrected chi connectivity index (χ4v) is 1.91. The molecule has 0 radical (unpaired) electrons. The maximum atomic E-state index is 4.49. The average Bonchev–Trinajstić information content (AvgIpc) is 2.14. The van der Waals surface area contributed by atoms with Crippen LogP contribution in [0.2, 0.25) is 0 Å².